The molecule has 2 atom stereocenters. The standard InChI is InChI=1S/C21H28N2O3/c1-13-4-3-5-14(2)18(13)23-17(24)11-22-19(25)20-7-15-6-16(8-20)10-21(26,9-15)12-20/h3-5,15-16,26H,6-12H2,1-2H3,(H,22,25)(H,23,24)/t15-,16-,20?,21?/m1/s1. The Bertz CT molecular complexity index is 723. The smallest absolute Gasteiger partial charge is 0.243 e. The first-order chi connectivity index (χ1) is 12.3. The van der Waals surface area contributed by atoms with Crippen LogP contribution in [0.4, 0.5) is 5.69 Å². The summed E-state index contributed by atoms with van der Waals surface area (Å²) >= 11 is 0. The molecule has 5 heteroatoms. The van der Waals surface area contributed by atoms with Crippen molar-refractivity contribution in [3.05, 3.63) is 29.3 Å². The molecule has 4 bridgehead atoms. The second kappa shape index (κ2) is 6.08. The summed E-state index contributed by atoms with van der Waals surface area (Å²) in [7, 11) is 0. The zero-order chi connectivity index (χ0) is 18.5. The van der Waals surface area contributed by atoms with Crippen LogP contribution in [0.15, 0.2) is 18.2 Å². The second-order valence-electron chi connectivity index (χ2n) is 8.96. The monoisotopic (exact) mass is 356 g/mol. The van der Waals surface area contributed by atoms with Crippen molar-refractivity contribution in [2.75, 3.05) is 11.9 Å². The van der Waals surface area contributed by atoms with Gasteiger partial charge in [0.05, 0.1) is 17.6 Å². The molecule has 26 heavy (non-hydrogen) atoms. The van der Waals surface area contributed by atoms with E-state index in [9.17, 15) is 14.7 Å². The van der Waals surface area contributed by atoms with Gasteiger partial charge in [0.2, 0.25) is 11.8 Å². The van der Waals surface area contributed by atoms with E-state index < -0.39 is 11.0 Å². The Labute approximate surface area is 154 Å². The van der Waals surface area contributed by atoms with Gasteiger partial charge in [-0.15, -0.1) is 0 Å². The van der Waals surface area contributed by atoms with Gasteiger partial charge in [-0.25, -0.2) is 0 Å². The molecule has 1 aromatic rings. The topological polar surface area (TPSA) is 78.4 Å². The highest BCUT2D eigenvalue weighted by Gasteiger charge is 2.60. The summed E-state index contributed by atoms with van der Waals surface area (Å²) in [5, 5.41) is 16.6. The van der Waals surface area contributed by atoms with E-state index in [-0.39, 0.29) is 18.4 Å². The third kappa shape index (κ3) is 3.02. The van der Waals surface area contributed by atoms with Gasteiger partial charge in [0.1, 0.15) is 0 Å². The Balaban J connectivity index is 1.39. The number of hydrogen-bond donors (Lipinski definition) is 3. The maximum Gasteiger partial charge on any atom is 0.243 e. The quantitative estimate of drug-likeness (QED) is 0.776. The van der Waals surface area contributed by atoms with Crippen LogP contribution >= 0.6 is 0 Å². The minimum atomic E-state index is -0.665. The number of carbonyl (C=O) groups excluding carboxylic acids is 2. The van der Waals surface area contributed by atoms with Crippen LogP contribution in [-0.4, -0.2) is 29.1 Å². The highest BCUT2D eigenvalue weighted by molar-refractivity contribution is 5.96. The van der Waals surface area contributed by atoms with Crippen LogP contribution in [0.2, 0.25) is 0 Å². The van der Waals surface area contributed by atoms with Crippen molar-refractivity contribution in [3.63, 3.8) is 0 Å². The number of amides is 2. The van der Waals surface area contributed by atoms with E-state index in [1.54, 1.807) is 0 Å². The Morgan fingerprint density at radius 2 is 1.73 bits per heavy atom. The van der Waals surface area contributed by atoms with Crippen molar-refractivity contribution in [3.8, 4) is 0 Å². The molecule has 1 aromatic carbocycles. The van der Waals surface area contributed by atoms with Crippen LogP contribution < -0.4 is 10.6 Å². The molecule has 5 rings (SSSR count). The zero-order valence-corrected chi connectivity index (χ0v) is 15.6. The number of nitrogens with one attached hydrogen (secondary N) is 2. The molecule has 5 nitrogen and oxygen atoms in total. The first-order valence-electron chi connectivity index (χ1n) is 9.65. The number of aryl methyl sites for hydroxylation is 2. The molecule has 0 spiro atoms. The molecule has 4 saturated carbocycles. The Kier molecular flexibility index (Phi) is 4.10. The van der Waals surface area contributed by atoms with Crippen LogP contribution in [0.5, 0.6) is 0 Å². The summed E-state index contributed by atoms with van der Waals surface area (Å²) in [5.41, 5.74) is 1.69. The molecule has 4 aliphatic carbocycles. The van der Waals surface area contributed by atoms with Crippen molar-refractivity contribution in [1.29, 1.82) is 0 Å². The van der Waals surface area contributed by atoms with E-state index >= 15 is 0 Å². The van der Waals surface area contributed by atoms with Gasteiger partial charge in [-0.05, 0) is 75.3 Å². The van der Waals surface area contributed by atoms with Crippen molar-refractivity contribution < 1.29 is 14.7 Å². The molecule has 4 fully saturated rings. The van der Waals surface area contributed by atoms with E-state index in [1.165, 1.54) is 0 Å². The van der Waals surface area contributed by atoms with Gasteiger partial charge >= 0.3 is 0 Å². The van der Waals surface area contributed by atoms with Crippen LogP contribution in [0, 0.1) is 31.1 Å². The molecular formula is C21H28N2O3. The number of anilines is 1. The SMILES string of the molecule is Cc1cccc(C)c1NC(=O)CNC(=O)C12C[C@H]3C[C@@H](CC(O)(C3)C1)C2. The normalized spacial score (nSPS) is 34.6. The molecule has 4 aliphatic rings. The second-order valence-corrected chi connectivity index (χ2v) is 8.96. The summed E-state index contributed by atoms with van der Waals surface area (Å²) < 4.78 is 0. The van der Waals surface area contributed by atoms with Gasteiger partial charge < -0.3 is 15.7 Å². The van der Waals surface area contributed by atoms with Gasteiger partial charge in [-0.1, -0.05) is 18.2 Å². The van der Waals surface area contributed by atoms with Crippen molar-refractivity contribution in [2.24, 2.45) is 17.3 Å². The lowest BCUT2D eigenvalue weighted by Crippen LogP contribution is -2.60. The van der Waals surface area contributed by atoms with Gasteiger partial charge in [-0.2, -0.15) is 0 Å². The lowest BCUT2D eigenvalue weighted by atomic mass is 9.47. The number of benzene rings is 1. The summed E-state index contributed by atoms with van der Waals surface area (Å²) in [6.07, 6.45) is 5.09. The van der Waals surface area contributed by atoms with Crippen LogP contribution in [0.3, 0.4) is 0 Å². The highest BCUT2D eigenvalue weighted by atomic mass is 16.3. The Morgan fingerprint density at radius 1 is 1.12 bits per heavy atom. The van der Waals surface area contributed by atoms with E-state index in [2.05, 4.69) is 10.6 Å². The molecule has 0 aromatic heterocycles. The minimum absolute atomic E-state index is 0.0257. The first-order valence-corrected chi connectivity index (χ1v) is 9.65. The third-order valence-corrected chi connectivity index (χ3v) is 6.67. The largest absolute Gasteiger partial charge is 0.390 e. The number of aliphatic hydroxyl groups is 1. The maximum absolute atomic E-state index is 12.9. The fraction of sp³-hybridized carbons (Fsp3) is 0.619. The molecule has 140 valence electrons. The summed E-state index contributed by atoms with van der Waals surface area (Å²) in [6, 6.07) is 5.87. The lowest BCUT2D eigenvalue weighted by Gasteiger charge is -2.59. The Morgan fingerprint density at radius 3 is 2.31 bits per heavy atom. The fourth-order valence-electron chi connectivity index (χ4n) is 6.02. The van der Waals surface area contributed by atoms with Crippen molar-refractivity contribution in [1.82, 2.24) is 5.32 Å². The van der Waals surface area contributed by atoms with Crippen molar-refractivity contribution in [2.45, 2.75) is 58.0 Å². The summed E-state index contributed by atoms with van der Waals surface area (Å²) in [6.45, 7) is 3.89. The first kappa shape index (κ1) is 17.5. The van der Waals surface area contributed by atoms with Gasteiger partial charge in [0.15, 0.2) is 0 Å². The molecular weight excluding hydrogens is 328 g/mol. The zero-order valence-electron chi connectivity index (χ0n) is 15.6. The number of rotatable bonds is 4. The Hall–Kier alpha value is -1.88. The maximum atomic E-state index is 12.9. The van der Waals surface area contributed by atoms with Crippen LogP contribution in [-0.2, 0) is 9.59 Å². The third-order valence-electron chi connectivity index (χ3n) is 6.67. The average Bonchev–Trinajstić information content (AvgIpc) is 2.54. The molecule has 2 amide bonds. The van der Waals surface area contributed by atoms with E-state index in [0.717, 1.165) is 48.9 Å². The molecule has 0 unspecified atom stereocenters. The lowest BCUT2D eigenvalue weighted by molar-refractivity contribution is -0.178. The molecule has 0 heterocycles. The van der Waals surface area contributed by atoms with Crippen LogP contribution in [0.25, 0.3) is 0 Å². The number of para-hydroxylation sites is 1. The van der Waals surface area contributed by atoms with Crippen LogP contribution in [0.1, 0.15) is 49.7 Å². The number of hydrogen-bond acceptors (Lipinski definition) is 3. The van der Waals surface area contributed by atoms with Gasteiger partial charge in [0, 0.05) is 5.69 Å². The van der Waals surface area contributed by atoms with E-state index in [1.807, 2.05) is 32.0 Å². The molecule has 3 N–H and O–H groups in total. The van der Waals surface area contributed by atoms with E-state index in [4.69, 9.17) is 0 Å². The highest BCUT2D eigenvalue weighted by Crippen LogP contribution is 2.61. The number of carbonyl (C=O) groups is 2. The molecule has 0 aliphatic heterocycles. The fourth-order valence-corrected chi connectivity index (χ4v) is 6.02. The van der Waals surface area contributed by atoms with Gasteiger partial charge in [-0.3, -0.25) is 9.59 Å². The predicted molar refractivity (Wildman–Crippen MR) is 99.6 cm³/mol. The van der Waals surface area contributed by atoms with Crippen molar-refractivity contribution >= 4 is 17.5 Å². The van der Waals surface area contributed by atoms with Gasteiger partial charge in [0.25, 0.3) is 0 Å². The molecule has 0 radical (unpaired) electrons. The molecule has 0 saturated heterocycles. The average molecular weight is 356 g/mol. The minimum Gasteiger partial charge on any atom is -0.390 e. The summed E-state index contributed by atoms with van der Waals surface area (Å²) in [5.74, 6) is 0.645. The van der Waals surface area contributed by atoms with E-state index in [0.29, 0.717) is 18.3 Å². The summed E-state index contributed by atoms with van der Waals surface area (Å²) in [4.78, 5) is 25.3. The predicted octanol–water partition coefficient (Wildman–Crippen LogP) is 2.69.